The van der Waals surface area contributed by atoms with Crippen molar-refractivity contribution in [2.75, 3.05) is 20.3 Å². The van der Waals surface area contributed by atoms with Crippen molar-refractivity contribution in [3.8, 4) is 11.5 Å². The summed E-state index contributed by atoms with van der Waals surface area (Å²) in [6.45, 7) is 2.44. The molecular weight excluding hydrogens is 394 g/mol. The fourth-order valence-corrected chi connectivity index (χ4v) is 4.28. The molecular formula is C21H21NO4S2. The van der Waals surface area contributed by atoms with Crippen LogP contribution in [-0.4, -0.2) is 31.3 Å². The molecule has 3 aromatic rings. The number of thiazole rings is 1. The SMILES string of the molecule is COc1ccc(OCCOC(=O)c2ccccc2CSc2nc(C)cs2)cc1. The number of carbonyl (C=O) groups is 1. The summed E-state index contributed by atoms with van der Waals surface area (Å²) >= 11 is 3.23. The van der Waals surface area contributed by atoms with Gasteiger partial charge in [-0.25, -0.2) is 9.78 Å². The molecule has 3 rings (SSSR count). The number of aromatic nitrogens is 1. The number of methoxy groups -OCH3 is 1. The van der Waals surface area contributed by atoms with Crippen LogP contribution in [0, 0.1) is 6.92 Å². The monoisotopic (exact) mass is 415 g/mol. The van der Waals surface area contributed by atoms with Crippen LogP contribution in [-0.2, 0) is 10.5 Å². The number of esters is 1. The van der Waals surface area contributed by atoms with Gasteiger partial charge in [-0.15, -0.1) is 11.3 Å². The molecule has 0 radical (unpaired) electrons. The Bertz CT molecular complexity index is 909. The highest BCUT2D eigenvalue weighted by molar-refractivity contribution is 8.00. The Morgan fingerprint density at radius 2 is 1.82 bits per heavy atom. The largest absolute Gasteiger partial charge is 0.497 e. The summed E-state index contributed by atoms with van der Waals surface area (Å²) in [5, 5.41) is 2.02. The maximum absolute atomic E-state index is 12.5. The third-order valence-corrected chi connectivity index (χ3v) is 6.02. The lowest BCUT2D eigenvalue weighted by atomic mass is 10.1. The van der Waals surface area contributed by atoms with Crippen LogP contribution < -0.4 is 9.47 Å². The quantitative estimate of drug-likeness (QED) is 0.279. The minimum atomic E-state index is -0.343. The molecule has 0 N–H and O–H groups in total. The van der Waals surface area contributed by atoms with Gasteiger partial charge in [0.1, 0.15) is 29.1 Å². The van der Waals surface area contributed by atoms with Crippen molar-refractivity contribution < 1.29 is 19.0 Å². The number of hydrogen-bond donors (Lipinski definition) is 0. The first-order chi connectivity index (χ1) is 13.7. The normalized spacial score (nSPS) is 10.5. The molecule has 7 heteroatoms. The maximum Gasteiger partial charge on any atom is 0.338 e. The Morgan fingerprint density at radius 1 is 1.07 bits per heavy atom. The number of ether oxygens (including phenoxy) is 3. The topological polar surface area (TPSA) is 57.7 Å². The van der Waals surface area contributed by atoms with Crippen molar-refractivity contribution in [2.24, 2.45) is 0 Å². The lowest BCUT2D eigenvalue weighted by Gasteiger charge is -2.10. The lowest BCUT2D eigenvalue weighted by Crippen LogP contribution is -2.13. The first-order valence-corrected chi connectivity index (χ1v) is 10.6. The summed E-state index contributed by atoms with van der Waals surface area (Å²) in [4.78, 5) is 16.9. The number of hydrogen-bond acceptors (Lipinski definition) is 7. The van der Waals surface area contributed by atoms with Crippen LogP contribution in [0.5, 0.6) is 11.5 Å². The van der Waals surface area contributed by atoms with Crippen LogP contribution in [0.4, 0.5) is 0 Å². The van der Waals surface area contributed by atoms with E-state index in [2.05, 4.69) is 4.98 Å². The highest BCUT2D eigenvalue weighted by Crippen LogP contribution is 2.27. The van der Waals surface area contributed by atoms with Gasteiger partial charge in [0.25, 0.3) is 0 Å². The molecule has 0 amide bonds. The Labute approximate surface area is 172 Å². The molecule has 0 unspecified atom stereocenters. The minimum absolute atomic E-state index is 0.179. The number of rotatable bonds is 9. The van der Waals surface area contributed by atoms with E-state index in [-0.39, 0.29) is 19.2 Å². The molecule has 0 saturated heterocycles. The minimum Gasteiger partial charge on any atom is -0.497 e. The zero-order valence-electron chi connectivity index (χ0n) is 15.7. The van der Waals surface area contributed by atoms with Crippen LogP contribution in [0.1, 0.15) is 21.6 Å². The average molecular weight is 416 g/mol. The third-order valence-electron chi connectivity index (χ3n) is 3.83. The Morgan fingerprint density at radius 3 is 2.54 bits per heavy atom. The van der Waals surface area contributed by atoms with Gasteiger partial charge in [0.05, 0.1) is 12.7 Å². The van der Waals surface area contributed by atoms with Gasteiger partial charge in [0, 0.05) is 16.8 Å². The second-order valence-corrected chi connectivity index (χ2v) is 7.94. The molecule has 0 aliphatic carbocycles. The van der Waals surface area contributed by atoms with Crippen molar-refractivity contribution in [1.82, 2.24) is 4.98 Å². The smallest absolute Gasteiger partial charge is 0.338 e. The number of carbonyl (C=O) groups excluding carboxylic acids is 1. The zero-order chi connectivity index (χ0) is 19.8. The molecule has 0 bridgehead atoms. The van der Waals surface area contributed by atoms with E-state index >= 15 is 0 Å². The number of thioether (sulfide) groups is 1. The first-order valence-electron chi connectivity index (χ1n) is 8.72. The van der Waals surface area contributed by atoms with Crippen molar-refractivity contribution in [2.45, 2.75) is 17.0 Å². The summed E-state index contributed by atoms with van der Waals surface area (Å²) in [5.74, 6) is 1.79. The van der Waals surface area contributed by atoms with Crippen LogP contribution in [0.2, 0.25) is 0 Å². The molecule has 1 aromatic heterocycles. The van der Waals surface area contributed by atoms with Gasteiger partial charge < -0.3 is 14.2 Å². The van der Waals surface area contributed by atoms with Gasteiger partial charge in [-0.05, 0) is 42.8 Å². The van der Waals surface area contributed by atoms with Crippen LogP contribution >= 0.6 is 23.1 Å². The molecule has 0 saturated carbocycles. The van der Waals surface area contributed by atoms with E-state index in [0.717, 1.165) is 21.3 Å². The maximum atomic E-state index is 12.5. The molecule has 5 nitrogen and oxygen atoms in total. The average Bonchev–Trinajstić information content (AvgIpc) is 3.15. The molecule has 0 aliphatic heterocycles. The second kappa shape index (κ2) is 10.1. The van der Waals surface area contributed by atoms with Crippen LogP contribution in [0.25, 0.3) is 0 Å². The first kappa shape index (κ1) is 20.2. The molecule has 0 fully saturated rings. The van der Waals surface area contributed by atoms with Gasteiger partial charge >= 0.3 is 5.97 Å². The highest BCUT2D eigenvalue weighted by atomic mass is 32.2. The zero-order valence-corrected chi connectivity index (χ0v) is 17.3. The number of benzene rings is 2. The molecule has 0 spiro atoms. The van der Waals surface area contributed by atoms with Gasteiger partial charge in [-0.2, -0.15) is 0 Å². The molecule has 0 aliphatic rings. The summed E-state index contributed by atoms with van der Waals surface area (Å²) in [7, 11) is 1.61. The molecule has 2 aromatic carbocycles. The van der Waals surface area contributed by atoms with Gasteiger partial charge in [0.2, 0.25) is 0 Å². The molecule has 0 atom stereocenters. The number of aryl methyl sites for hydroxylation is 1. The van der Waals surface area contributed by atoms with Crippen molar-refractivity contribution in [3.63, 3.8) is 0 Å². The highest BCUT2D eigenvalue weighted by Gasteiger charge is 2.13. The van der Waals surface area contributed by atoms with Gasteiger partial charge in [-0.3, -0.25) is 0 Å². The van der Waals surface area contributed by atoms with Gasteiger partial charge in [-0.1, -0.05) is 30.0 Å². The van der Waals surface area contributed by atoms with E-state index in [1.807, 2.05) is 54.8 Å². The molecule has 28 heavy (non-hydrogen) atoms. The van der Waals surface area contributed by atoms with Crippen LogP contribution in [0.3, 0.4) is 0 Å². The van der Waals surface area contributed by atoms with Crippen LogP contribution in [0.15, 0.2) is 58.3 Å². The lowest BCUT2D eigenvalue weighted by molar-refractivity contribution is 0.0449. The Hall–Kier alpha value is -2.51. The van der Waals surface area contributed by atoms with Crippen molar-refractivity contribution in [3.05, 3.63) is 70.7 Å². The standard InChI is InChI=1S/C21H21NO4S2/c1-15-13-27-21(22-15)28-14-16-5-3-4-6-19(16)20(23)26-12-11-25-18-9-7-17(24-2)8-10-18/h3-10,13H,11-12,14H2,1-2H3. The summed E-state index contributed by atoms with van der Waals surface area (Å²) in [5.41, 5.74) is 2.52. The van der Waals surface area contributed by atoms with E-state index in [1.54, 1.807) is 36.3 Å². The third kappa shape index (κ3) is 5.74. The predicted octanol–water partition coefficient (Wildman–Crippen LogP) is 4.99. The van der Waals surface area contributed by atoms with Crippen molar-refractivity contribution >= 4 is 29.1 Å². The Balaban J connectivity index is 1.49. The fourth-order valence-electron chi connectivity index (χ4n) is 2.43. The summed E-state index contributed by atoms with van der Waals surface area (Å²) in [6, 6.07) is 14.8. The molecule has 146 valence electrons. The van der Waals surface area contributed by atoms with Gasteiger partial charge in [0.15, 0.2) is 0 Å². The molecule has 1 heterocycles. The second-order valence-electron chi connectivity index (χ2n) is 5.86. The van der Waals surface area contributed by atoms with E-state index < -0.39 is 0 Å². The summed E-state index contributed by atoms with van der Waals surface area (Å²) in [6.07, 6.45) is 0. The van der Waals surface area contributed by atoms with E-state index in [9.17, 15) is 4.79 Å². The van der Waals surface area contributed by atoms with E-state index in [0.29, 0.717) is 17.1 Å². The van der Waals surface area contributed by atoms with Crippen molar-refractivity contribution in [1.29, 1.82) is 0 Å². The Kier molecular flexibility index (Phi) is 7.33. The predicted molar refractivity (Wildman–Crippen MR) is 112 cm³/mol. The van der Waals surface area contributed by atoms with E-state index in [1.165, 1.54) is 0 Å². The van der Waals surface area contributed by atoms with E-state index in [4.69, 9.17) is 14.2 Å². The fraction of sp³-hybridized carbons (Fsp3) is 0.238. The number of nitrogens with zero attached hydrogens (tertiary/aromatic N) is 1. The summed E-state index contributed by atoms with van der Waals surface area (Å²) < 4.78 is 17.1.